The van der Waals surface area contributed by atoms with Crippen LogP contribution in [0.4, 0.5) is 50.2 Å². The summed E-state index contributed by atoms with van der Waals surface area (Å²) < 4.78 is 67.1. The Hall–Kier alpha value is -9.49. The highest BCUT2D eigenvalue weighted by molar-refractivity contribution is 7.86. The van der Waals surface area contributed by atoms with Crippen LogP contribution in [0.1, 0.15) is 49.9 Å². The molecule has 0 aliphatic heterocycles. The second-order valence-electron chi connectivity index (χ2n) is 14.7. The van der Waals surface area contributed by atoms with Gasteiger partial charge in [0.1, 0.15) is 34.5 Å². The number of carbonyl (C=O) groups excluding carboxylic acids is 1. The summed E-state index contributed by atoms with van der Waals surface area (Å²) in [6, 6.07) is 26.7. The number of nitrogens with zero attached hydrogens (tertiary/aromatic N) is 9. The molecule has 7 N–H and O–H groups in total. The minimum Gasteiger partial charge on any atom is -0.478 e. The van der Waals surface area contributed by atoms with E-state index in [0.29, 0.717) is 11.3 Å². The van der Waals surface area contributed by atoms with Crippen molar-refractivity contribution in [1.29, 1.82) is 15.8 Å². The van der Waals surface area contributed by atoms with Crippen molar-refractivity contribution in [3.8, 4) is 35.0 Å². The molecule has 1 amide bonds. The van der Waals surface area contributed by atoms with E-state index in [4.69, 9.17) is 0 Å². The smallest absolute Gasteiger partial charge is 0.335 e. The van der Waals surface area contributed by atoms with Crippen molar-refractivity contribution in [1.82, 2.24) is 9.55 Å². The summed E-state index contributed by atoms with van der Waals surface area (Å²) in [6.07, 6.45) is 1.36. The molecule has 0 radical (unpaired) electrons. The van der Waals surface area contributed by atoms with E-state index in [0.717, 1.165) is 41.7 Å². The molecule has 0 aliphatic rings. The Morgan fingerprint density at radius 2 is 1.18 bits per heavy atom. The van der Waals surface area contributed by atoms with Crippen molar-refractivity contribution >= 4 is 99.6 Å². The highest BCUT2D eigenvalue weighted by atomic mass is 32.2. The highest BCUT2D eigenvalue weighted by Crippen LogP contribution is 2.49. The van der Waals surface area contributed by atoms with E-state index in [1.807, 2.05) is 12.1 Å². The standard InChI is InChI=1S/C45H30N12O11S3/c1-23-35(21-47)39(50-30-7-11-33(12-8-30)70(63,64)65)52-40(51-31-9-13-34(14-10-31)71(66,67)68)38(23)53-55-42-36(22-48)37(25-3-5-29(6-4-25)49-24(2)58)43(69-42)56-54-41-26(20-46)15-16-57(41)32-18-27(44(59)60)17-28(19-32)45(61)62/h3-19H,1-2H3,(H,49,58)(H,59,60)(H,61,62)(H2,50,51,52)(H,63,64,65)(H,66,67,68). The summed E-state index contributed by atoms with van der Waals surface area (Å²) in [6.45, 7) is 2.82. The Kier molecular flexibility index (Phi) is 13.9. The third kappa shape index (κ3) is 11.0. The molecule has 23 nitrogen and oxygen atoms in total. The van der Waals surface area contributed by atoms with Gasteiger partial charge in [-0.15, -0.1) is 20.5 Å². The third-order valence-corrected chi connectivity index (χ3v) is 12.7. The topological polar surface area (TPSA) is 375 Å². The maximum Gasteiger partial charge on any atom is 0.335 e. The van der Waals surface area contributed by atoms with Crippen LogP contribution >= 0.6 is 11.3 Å². The molecular weight excluding hydrogens is 981 g/mol. The van der Waals surface area contributed by atoms with Crippen molar-refractivity contribution in [2.45, 2.75) is 23.6 Å². The number of rotatable bonds is 15. The normalized spacial score (nSPS) is 11.5. The largest absolute Gasteiger partial charge is 0.478 e. The fourth-order valence-electron chi connectivity index (χ4n) is 6.68. The van der Waals surface area contributed by atoms with E-state index in [1.165, 1.54) is 67.1 Å². The summed E-state index contributed by atoms with van der Waals surface area (Å²) in [5.41, 5.74) is 0.536. The number of nitriles is 3. The molecule has 7 rings (SSSR count). The Balaban J connectivity index is 1.39. The van der Waals surface area contributed by atoms with E-state index in [2.05, 4.69) is 47.5 Å². The van der Waals surface area contributed by atoms with Crippen LogP contribution in [0.15, 0.2) is 134 Å². The summed E-state index contributed by atoms with van der Waals surface area (Å²) in [5, 5.41) is 76.8. The van der Waals surface area contributed by atoms with Crippen molar-refractivity contribution < 1.29 is 50.5 Å². The van der Waals surface area contributed by atoms with E-state index < -0.39 is 42.0 Å². The van der Waals surface area contributed by atoms with Gasteiger partial charge < -0.3 is 26.2 Å². The molecule has 354 valence electrons. The summed E-state index contributed by atoms with van der Waals surface area (Å²) >= 11 is 0.807. The van der Waals surface area contributed by atoms with Crippen LogP contribution in [0.3, 0.4) is 0 Å². The first-order chi connectivity index (χ1) is 33.7. The van der Waals surface area contributed by atoms with Crippen LogP contribution < -0.4 is 16.0 Å². The van der Waals surface area contributed by atoms with Crippen LogP contribution in [0.2, 0.25) is 0 Å². The van der Waals surface area contributed by atoms with Gasteiger partial charge in [0, 0.05) is 47.0 Å². The predicted octanol–water partition coefficient (Wildman–Crippen LogP) is 9.69. The predicted molar refractivity (Wildman–Crippen MR) is 254 cm³/mol. The number of carbonyl (C=O) groups is 3. The maximum atomic E-state index is 11.9. The van der Waals surface area contributed by atoms with Gasteiger partial charge in [0.15, 0.2) is 22.5 Å². The van der Waals surface area contributed by atoms with Crippen LogP contribution in [-0.4, -0.2) is 63.6 Å². The molecule has 0 aliphatic carbocycles. The molecule has 0 unspecified atom stereocenters. The van der Waals surface area contributed by atoms with E-state index in [-0.39, 0.29) is 95.1 Å². The van der Waals surface area contributed by atoms with Gasteiger partial charge in [-0.2, -0.15) is 32.6 Å². The molecule has 0 saturated carbocycles. The van der Waals surface area contributed by atoms with Gasteiger partial charge in [-0.05, 0) is 97.4 Å². The molecule has 0 fully saturated rings. The number of azo groups is 2. The van der Waals surface area contributed by atoms with Gasteiger partial charge in [-0.1, -0.05) is 23.5 Å². The fourth-order valence-corrected chi connectivity index (χ4v) is 8.55. The zero-order valence-corrected chi connectivity index (χ0v) is 38.7. The molecule has 71 heavy (non-hydrogen) atoms. The number of thiophene rings is 1. The van der Waals surface area contributed by atoms with Crippen LogP contribution in [0.5, 0.6) is 0 Å². The summed E-state index contributed by atoms with van der Waals surface area (Å²) in [5.74, 6) is -3.51. The molecular formula is C45H30N12O11S3. The molecule has 7 aromatic rings. The average Bonchev–Trinajstić information content (AvgIpc) is 3.91. The Labute approximate surface area is 405 Å². The SMILES string of the molecule is CC(=O)Nc1ccc(-c2c(N=Nc3c(C#N)ccn3-c3cc(C(=O)O)cc(C(=O)O)c3)sc(N=Nc3c(Nc4ccc(S(=O)(=O)O)cc4)nc(Nc4ccc(S(=O)(=O)O)cc4)c(C#N)c3C)c2C#N)cc1. The van der Waals surface area contributed by atoms with Crippen LogP contribution in [0, 0.1) is 40.9 Å². The first kappa shape index (κ1) is 49.4. The lowest BCUT2D eigenvalue weighted by atomic mass is 10.0. The van der Waals surface area contributed by atoms with E-state index in [1.54, 1.807) is 24.3 Å². The zero-order valence-electron chi connectivity index (χ0n) is 36.2. The van der Waals surface area contributed by atoms with Crippen molar-refractivity contribution in [2.24, 2.45) is 20.5 Å². The average molecular weight is 1010 g/mol. The van der Waals surface area contributed by atoms with Gasteiger partial charge in [0.2, 0.25) is 5.91 Å². The van der Waals surface area contributed by atoms with Crippen molar-refractivity contribution in [3.05, 3.63) is 137 Å². The third-order valence-electron chi connectivity index (χ3n) is 9.98. The molecule has 0 spiro atoms. The van der Waals surface area contributed by atoms with Gasteiger partial charge in [0.05, 0.1) is 32.0 Å². The maximum absolute atomic E-state index is 11.9. The monoisotopic (exact) mass is 1010 g/mol. The van der Waals surface area contributed by atoms with Gasteiger partial charge in [0.25, 0.3) is 20.2 Å². The Bertz CT molecular complexity index is 3720. The highest BCUT2D eigenvalue weighted by Gasteiger charge is 2.24. The number of amides is 1. The summed E-state index contributed by atoms with van der Waals surface area (Å²) in [7, 11) is -9.11. The number of carboxylic acids is 2. The zero-order chi connectivity index (χ0) is 51.4. The first-order valence-corrected chi connectivity index (χ1v) is 23.5. The number of anilines is 5. The molecule has 26 heteroatoms. The number of benzene rings is 4. The molecule has 0 bridgehead atoms. The Morgan fingerprint density at radius 3 is 1.68 bits per heavy atom. The first-order valence-electron chi connectivity index (χ1n) is 19.8. The number of aromatic carboxylic acids is 2. The number of aromatic nitrogens is 2. The van der Waals surface area contributed by atoms with Crippen LogP contribution in [-0.2, 0) is 25.0 Å². The number of hydrogen-bond acceptors (Lipinski definition) is 18. The van der Waals surface area contributed by atoms with E-state index >= 15 is 0 Å². The molecule has 4 aromatic carbocycles. The van der Waals surface area contributed by atoms with Crippen molar-refractivity contribution in [3.63, 3.8) is 0 Å². The van der Waals surface area contributed by atoms with E-state index in [9.17, 15) is 66.3 Å². The van der Waals surface area contributed by atoms with Gasteiger partial charge in [-0.25, -0.2) is 14.6 Å². The lowest BCUT2D eigenvalue weighted by Crippen LogP contribution is -2.05. The lowest BCUT2D eigenvalue weighted by molar-refractivity contribution is -0.114. The lowest BCUT2D eigenvalue weighted by Gasteiger charge is -2.16. The number of pyridine rings is 1. The molecule has 0 atom stereocenters. The molecule has 3 heterocycles. The second kappa shape index (κ2) is 20.0. The van der Waals surface area contributed by atoms with Crippen molar-refractivity contribution in [2.75, 3.05) is 16.0 Å². The second-order valence-corrected chi connectivity index (χ2v) is 18.5. The quantitative estimate of drug-likeness (QED) is 0.0371. The minimum absolute atomic E-state index is 0.0145. The Morgan fingerprint density at radius 1 is 0.662 bits per heavy atom. The van der Waals surface area contributed by atoms with Crippen LogP contribution in [0.25, 0.3) is 16.8 Å². The number of carboxylic acid groups (broad SMARTS) is 2. The number of nitrogens with one attached hydrogen (secondary N) is 3. The summed E-state index contributed by atoms with van der Waals surface area (Å²) in [4.78, 5) is 39.5. The molecule has 3 aromatic heterocycles. The van der Waals surface area contributed by atoms with Gasteiger partial charge >= 0.3 is 11.9 Å². The number of hydrogen-bond donors (Lipinski definition) is 7. The van der Waals surface area contributed by atoms with Gasteiger partial charge in [-0.3, -0.25) is 18.5 Å². The fraction of sp³-hybridized carbons (Fsp3) is 0.0444. The minimum atomic E-state index is -4.58. The molecule has 0 saturated heterocycles.